The van der Waals surface area contributed by atoms with E-state index in [4.69, 9.17) is 0 Å². The average molecular weight is 703 g/mol. The van der Waals surface area contributed by atoms with Gasteiger partial charge in [0.15, 0.2) is 0 Å². The summed E-state index contributed by atoms with van der Waals surface area (Å²) in [5.74, 6) is 0. The Morgan fingerprint density at radius 3 is 1.45 bits per heavy atom. The third kappa shape index (κ3) is 5.76. The lowest BCUT2D eigenvalue weighted by molar-refractivity contribution is 0.979. The molecule has 0 atom stereocenters. The van der Waals surface area contributed by atoms with Crippen LogP contribution in [0.3, 0.4) is 0 Å². The van der Waals surface area contributed by atoms with Gasteiger partial charge in [0.2, 0.25) is 0 Å². The molecule has 10 rings (SSSR count). The summed E-state index contributed by atoms with van der Waals surface area (Å²) >= 11 is 0. The second kappa shape index (κ2) is 13.7. The number of aryl methyl sites for hydroxylation is 1. The topological polar surface area (TPSA) is 8.17 Å². The molecule has 9 aromatic carbocycles. The molecule has 1 heterocycles. The zero-order valence-corrected chi connectivity index (χ0v) is 30.6. The van der Waals surface area contributed by atoms with Gasteiger partial charge in [0.25, 0.3) is 0 Å². The van der Waals surface area contributed by atoms with E-state index in [0.717, 1.165) is 17.1 Å². The van der Waals surface area contributed by atoms with Crippen LogP contribution < -0.4 is 4.90 Å². The number of hydrogen-bond donors (Lipinski definition) is 0. The molecule has 0 amide bonds. The molecule has 0 aliphatic rings. The minimum absolute atomic E-state index is 1.10. The molecule has 0 radical (unpaired) electrons. The molecule has 0 fully saturated rings. The number of anilines is 3. The maximum absolute atomic E-state index is 2.36. The summed E-state index contributed by atoms with van der Waals surface area (Å²) < 4.78 is 2.36. The van der Waals surface area contributed by atoms with Gasteiger partial charge >= 0.3 is 0 Å². The van der Waals surface area contributed by atoms with Gasteiger partial charge in [-0.15, -0.1) is 0 Å². The Balaban J connectivity index is 1.11. The Kier molecular flexibility index (Phi) is 8.08. The van der Waals surface area contributed by atoms with E-state index in [1.165, 1.54) is 77.1 Å². The molecular weight excluding hydrogens is 665 g/mol. The molecule has 2 nitrogen and oxygen atoms in total. The third-order valence-corrected chi connectivity index (χ3v) is 11.0. The predicted molar refractivity (Wildman–Crippen MR) is 234 cm³/mol. The van der Waals surface area contributed by atoms with Gasteiger partial charge in [-0.1, -0.05) is 170 Å². The zero-order valence-electron chi connectivity index (χ0n) is 30.6. The lowest BCUT2D eigenvalue weighted by Gasteiger charge is -2.26. The third-order valence-electron chi connectivity index (χ3n) is 11.0. The second-order valence-electron chi connectivity index (χ2n) is 14.2. The number of fused-ring (bicyclic) bond motifs is 4. The molecule has 2 heteroatoms. The standard InChI is InChI=1S/C53H38N2/c1-54-50-36-29-40-16-9-11-21-49(40)52(50)51(53(54)43-17-6-3-7-18-43)42-27-34-46(35-28-42)55(44-30-23-38(24-31-44)37-13-4-2-5-14-37)45-32-25-41(26-33-45)48-22-12-19-39-15-8-10-20-47(39)48/h2-36H,1H3. The van der Waals surface area contributed by atoms with E-state index >= 15 is 0 Å². The summed E-state index contributed by atoms with van der Waals surface area (Å²) in [6, 6.07) is 76.9. The molecule has 10 aromatic rings. The van der Waals surface area contributed by atoms with Crippen LogP contribution in [0.15, 0.2) is 212 Å². The van der Waals surface area contributed by atoms with Gasteiger partial charge < -0.3 is 9.47 Å². The van der Waals surface area contributed by atoms with Crippen LogP contribution in [0, 0.1) is 0 Å². The lowest BCUT2D eigenvalue weighted by atomic mass is 9.95. The molecule has 1 aromatic heterocycles. The lowest BCUT2D eigenvalue weighted by Crippen LogP contribution is -2.09. The van der Waals surface area contributed by atoms with Crippen LogP contribution in [-0.4, -0.2) is 4.57 Å². The fourth-order valence-electron chi connectivity index (χ4n) is 8.35. The SMILES string of the molecule is Cn1c(-c2ccccc2)c(-c2ccc(N(c3ccc(-c4ccccc4)cc3)c3ccc(-c4cccc5ccccc45)cc3)cc2)c2c3ccccc3ccc21. The predicted octanol–water partition coefficient (Wildman–Crippen LogP) is 14.6. The van der Waals surface area contributed by atoms with Gasteiger partial charge in [-0.25, -0.2) is 0 Å². The number of nitrogens with zero attached hydrogens (tertiary/aromatic N) is 2. The van der Waals surface area contributed by atoms with E-state index in [-0.39, 0.29) is 0 Å². The van der Waals surface area contributed by atoms with Crippen LogP contribution in [0.1, 0.15) is 0 Å². The smallest absolute Gasteiger partial charge is 0.0568 e. The minimum atomic E-state index is 1.10. The summed E-state index contributed by atoms with van der Waals surface area (Å²) in [5.41, 5.74) is 14.2. The van der Waals surface area contributed by atoms with Crippen molar-refractivity contribution >= 4 is 49.5 Å². The van der Waals surface area contributed by atoms with Crippen molar-refractivity contribution in [1.82, 2.24) is 4.57 Å². The molecule has 55 heavy (non-hydrogen) atoms. The maximum atomic E-state index is 2.36. The van der Waals surface area contributed by atoms with Crippen molar-refractivity contribution in [2.75, 3.05) is 4.90 Å². The second-order valence-corrected chi connectivity index (χ2v) is 14.2. The fraction of sp³-hybridized carbons (Fsp3) is 0.0189. The van der Waals surface area contributed by atoms with Gasteiger partial charge in [-0.3, -0.25) is 0 Å². The number of rotatable bonds is 7. The molecule has 0 unspecified atom stereocenters. The molecule has 0 aliphatic carbocycles. The number of benzene rings is 9. The van der Waals surface area contributed by atoms with E-state index < -0.39 is 0 Å². The van der Waals surface area contributed by atoms with E-state index in [0.29, 0.717) is 0 Å². The summed E-state index contributed by atoms with van der Waals surface area (Å²) in [4.78, 5) is 2.36. The quantitative estimate of drug-likeness (QED) is 0.160. The fourth-order valence-corrected chi connectivity index (χ4v) is 8.35. The maximum Gasteiger partial charge on any atom is 0.0568 e. The van der Waals surface area contributed by atoms with Crippen molar-refractivity contribution < 1.29 is 0 Å². The monoisotopic (exact) mass is 702 g/mol. The van der Waals surface area contributed by atoms with Crippen molar-refractivity contribution in [3.63, 3.8) is 0 Å². The number of aromatic nitrogens is 1. The highest BCUT2D eigenvalue weighted by molar-refractivity contribution is 6.17. The van der Waals surface area contributed by atoms with E-state index in [2.05, 4.69) is 229 Å². The van der Waals surface area contributed by atoms with E-state index in [1.807, 2.05) is 0 Å². The highest BCUT2D eigenvalue weighted by atomic mass is 15.1. The van der Waals surface area contributed by atoms with Crippen molar-refractivity contribution in [3.05, 3.63) is 212 Å². The normalized spacial score (nSPS) is 11.4. The van der Waals surface area contributed by atoms with Crippen LogP contribution in [0.25, 0.3) is 77.1 Å². The summed E-state index contributed by atoms with van der Waals surface area (Å²) in [6.07, 6.45) is 0. The van der Waals surface area contributed by atoms with Crippen LogP contribution in [0.5, 0.6) is 0 Å². The van der Waals surface area contributed by atoms with E-state index in [9.17, 15) is 0 Å². The van der Waals surface area contributed by atoms with Gasteiger partial charge in [-0.2, -0.15) is 0 Å². The van der Waals surface area contributed by atoms with Crippen molar-refractivity contribution in [1.29, 1.82) is 0 Å². The van der Waals surface area contributed by atoms with Crippen molar-refractivity contribution in [2.45, 2.75) is 0 Å². The molecule has 0 saturated carbocycles. The average Bonchev–Trinajstić information content (AvgIpc) is 3.57. The van der Waals surface area contributed by atoms with Gasteiger partial charge in [-0.05, 0) is 97.4 Å². The molecule has 0 N–H and O–H groups in total. The highest BCUT2D eigenvalue weighted by Crippen LogP contribution is 2.45. The molecular formula is C53H38N2. The van der Waals surface area contributed by atoms with Crippen LogP contribution in [0.4, 0.5) is 17.1 Å². The Bertz CT molecular complexity index is 2940. The Morgan fingerprint density at radius 2 is 0.818 bits per heavy atom. The summed E-state index contributed by atoms with van der Waals surface area (Å²) in [6.45, 7) is 0. The van der Waals surface area contributed by atoms with Crippen LogP contribution in [-0.2, 0) is 7.05 Å². The van der Waals surface area contributed by atoms with Crippen molar-refractivity contribution in [3.8, 4) is 44.6 Å². The largest absolute Gasteiger partial charge is 0.343 e. The first-order chi connectivity index (χ1) is 27.2. The summed E-state index contributed by atoms with van der Waals surface area (Å²) in [7, 11) is 2.19. The van der Waals surface area contributed by atoms with Gasteiger partial charge in [0.1, 0.15) is 0 Å². The summed E-state index contributed by atoms with van der Waals surface area (Å²) in [5, 5.41) is 6.31. The Morgan fingerprint density at radius 1 is 0.345 bits per heavy atom. The van der Waals surface area contributed by atoms with Crippen molar-refractivity contribution in [2.24, 2.45) is 7.05 Å². The zero-order chi connectivity index (χ0) is 36.7. The van der Waals surface area contributed by atoms with Gasteiger partial charge in [0.05, 0.1) is 5.69 Å². The molecule has 0 saturated heterocycles. The first-order valence-electron chi connectivity index (χ1n) is 18.9. The first kappa shape index (κ1) is 32.5. The number of hydrogen-bond acceptors (Lipinski definition) is 1. The first-order valence-corrected chi connectivity index (χ1v) is 18.9. The van der Waals surface area contributed by atoms with Crippen LogP contribution >= 0.6 is 0 Å². The molecule has 0 spiro atoms. The Hall–Kier alpha value is -7.16. The van der Waals surface area contributed by atoms with E-state index in [1.54, 1.807) is 0 Å². The van der Waals surface area contributed by atoms with Gasteiger partial charge in [0, 0.05) is 40.6 Å². The Labute approximate surface area is 321 Å². The molecule has 0 aliphatic heterocycles. The highest BCUT2D eigenvalue weighted by Gasteiger charge is 2.21. The minimum Gasteiger partial charge on any atom is -0.343 e. The van der Waals surface area contributed by atoms with Crippen LogP contribution in [0.2, 0.25) is 0 Å². The molecule has 0 bridgehead atoms. The molecule has 260 valence electrons.